The van der Waals surface area contributed by atoms with E-state index in [2.05, 4.69) is 46.6 Å². The minimum absolute atomic E-state index is 1.04. The first-order valence-electron chi connectivity index (χ1n) is 4.94. The zero-order valence-electron chi connectivity index (χ0n) is 9.01. The maximum Gasteiger partial charge on any atom is 0.185 e. The molecule has 0 saturated heterocycles. The van der Waals surface area contributed by atoms with Crippen molar-refractivity contribution in [1.29, 1.82) is 0 Å². The first-order chi connectivity index (χ1) is 6.69. The molecular formula is C10H17BrN2S. The molecule has 0 bridgehead atoms. The zero-order valence-corrected chi connectivity index (χ0v) is 11.4. The molecule has 0 N–H and O–H groups in total. The highest BCUT2D eigenvalue weighted by molar-refractivity contribution is 9.09. The Balaban J connectivity index is 2.68. The van der Waals surface area contributed by atoms with Crippen LogP contribution in [0.2, 0.25) is 0 Å². The van der Waals surface area contributed by atoms with E-state index in [1.54, 1.807) is 11.3 Å². The van der Waals surface area contributed by atoms with Gasteiger partial charge in [-0.2, -0.15) is 0 Å². The van der Waals surface area contributed by atoms with Gasteiger partial charge in [0.25, 0.3) is 0 Å². The Morgan fingerprint density at radius 1 is 1.43 bits per heavy atom. The maximum absolute atomic E-state index is 4.56. The van der Waals surface area contributed by atoms with Gasteiger partial charge >= 0.3 is 0 Å². The second-order valence-electron chi connectivity index (χ2n) is 3.26. The summed E-state index contributed by atoms with van der Waals surface area (Å²) in [6.07, 6.45) is 1.17. The van der Waals surface area contributed by atoms with Crippen molar-refractivity contribution in [1.82, 2.24) is 4.98 Å². The molecule has 0 saturated carbocycles. The number of thiazole rings is 1. The van der Waals surface area contributed by atoms with E-state index in [-0.39, 0.29) is 0 Å². The van der Waals surface area contributed by atoms with Crippen molar-refractivity contribution in [3.05, 3.63) is 10.6 Å². The van der Waals surface area contributed by atoms with E-state index in [0.717, 1.165) is 18.4 Å². The standard InChI is InChI=1S/C10H17BrN2S/c1-4-13(7-5-6-11)10-12-8(2)9(3)14-10/h4-7H2,1-3H3. The van der Waals surface area contributed by atoms with Crippen LogP contribution in [0.25, 0.3) is 0 Å². The largest absolute Gasteiger partial charge is 0.348 e. The van der Waals surface area contributed by atoms with Crippen molar-refractivity contribution >= 4 is 32.4 Å². The van der Waals surface area contributed by atoms with Crippen molar-refractivity contribution in [3.8, 4) is 0 Å². The highest BCUT2D eigenvalue weighted by Crippen LogP contribution is 2.25. The maximum atomic E-state index is 4.56. The van der Waals surface area contributed by atoms with Crippen LogP contribution in [-0.4, -0.2) is 23.4 Å². The lowest BCUT2D eigenvalue weighted by atomic mass is 10.4. The summed E-state index contributed by atoms with van der Waals surface area (Å²) in [4.78, 5) is 8.23. The van der Waals surface area contributed by atoms with Crippen molar-refractivity contribution in [3.63, 3.8) is 0 Å². The molecule has 1 aromatic rings. The topological polar surface area (TPSA) is 16.1 Å². The SMILES string of the molecule is CCN(CCCBr)c1nc(C)c(C)s1. The van der Waals surface area contributed by atoms with Gasteiger partial charge in [-0.05, 0) is 27.2 Å². The van der Waals surface area contributed by atoms with E-state index < -0.39 is 0 Å². The summed E-state index contributed by atoms with van der Waals surface area (Å²) in [6, 6.07) is 0. The molecule has 0 radical (unpaired) electrons. The van der Waals surface area contributed by atoms with Crippen LogP contribution in [0, 0.1) is 13.8 Å². The molecule has 80 valence electrons. The summed E-state index contributed by atoms with van der Waals surface area (Å²) in [7, 11) is 0. The number of rotatable bonds is 5. The molecule has 1 aromatic heterocycles. The summed E-state index contributed by atoms with van der Waals surface area (Å²) in [6.45, 7) is 8.52. The fourth-order valence-corrected chi connectivity index (χ4v) is 2.48. The average molecular weight is 277 g/mol. The van der Waals surface area contributed by atoms with Crippen molar-refractivity contribution in [2.45, 2.75) is 27.2 Å². The second kappa shape index (κ2) is 5.71. The third-order valence-corrected chi connectivity index (χ3v) is 3.93. The Bertz CT molecular complexity index is 266. The van der Waals surface area contributed by atoms with Gasteiger partial charge in [-0.15, -0.1) is 11.3 Å². The van der Waals surface area contributed by atoms with Gasteiger partial charge in [0.05, 0.1) is 5.69 Å². The molecule has 0 aromatic carbocycles. The van der Waals surface area contributed by atoms with Crippen LogP contribution in [0.1, 0.15) is 23.9 Å². The molecule has 0 fully saturated rings. The minimum atomic E-state index is 1.04. The quantitative estimate of drug-likeness (QED) is 0.767. The van der Waals surface area contributed by atoms with Crippen LogP contribution in [0.4, 0.5) is 5.13 Å². The van der Waals surface area contributed by atoms with Crippen LogP contribution in [0.3, 0.4) is 0 Å². The van der Waals surface area contributed by atoms with Gasteiger partial charge < -0.3 is 4.90 Å². The summed E-state index contributed by atoms with van der Waals surface area (Å²) >= 11 is 5.25. The summed E-state index contributed by atoms with van der Waals surface area (Å²) in [5, 5.41) is 2.23. The molecule has 1 heterocycles. The predicted octanol–water partition coefficient (Wildman–Crippen LogP) is 3.37. The highest BCUT2D eigenvalue weighted by Gasteiger charge is 2.09. The van der Waals surface area contributed by atoms with Gasteiger partial charge in [-0.1, -0.05) is 15.9 Å². The Hall–Kier alpha value is -0.0900. The Morgan fingerprint density at radius 3 is 2.57 bits per heavy atom. The molecule has 1 rings (SSSR count). The van der Waals surface area contributed by atoms with Gasteiger partial charge in [0.15, 0.2) is 5.13 Å². The van der Waals surface area contributed by atoms with Crippen LogP contribution >= 0.6 is 27.3 Å². The fraction of sp³-hybridized carbons (Fsp3) is 0.700. The third kappa shape index (κ3) is 2.95. The number of alkyl halides is 1. The lowest BCUT2D eigenvalue weighted by molar-refractivity contribution is 0.793. The first-order valence-corrected chi connectivity index (χ1v) is 6.87. The van der Waals surface area contributed by atoms with Crippen LogP contribution in [-0.2, 0) is 0 Å². The van der Waals surface area contributed by atoms with Gasteiger partial charge in [0.2, 0.25) is 0 Å². The van der Waals surface area contributed by atoms with Crippen LogP contribution < -0.4 is 4.90 Å². The Labute approximate surface area is 98.5 Å². The molecule has 2 nitrogen and oxygen atoms in total. The molecule has 0 unspecified atom stereocenters. The van der Waals surface area contributed by atoms with E-state index in [1.807, 2.05) is 0 Å². The predicted molar refractivity (Wildman–Crippen MR) is 67.9 cm³/mol. The monoisotopic (exact) mass is 276 g/mol. The number of nitrogens with zero attached hydrogens (tertiary/aromatic N) is 2. The number of anilines is 1. The number of halogens is 1. The summed E-state index contributed by atoms with van der Waals surface area (Å²) < 4.78 is 0. The van der Waals surface area contributed by atoms with Gasteiger partial charge in [0.1, 0.15) is 0 Å². The van der Waals surface area contributed by atoms with E-state index >= 15 is 0 Å². The van der Waals surface area contributed by atoms with Crippen LogP contribution in [0.5, 0.6) is 0 Å². The molecule has 0 spiro atoms. The fourth-order valence-electron chi connectivity index (χ4n) is 1.23. The van der Waals surface area contributed by atoms with E-state index in [1.165, 1.54) is 22.1 Å². The van der Waals surface area contributed by atoms with Gasteiger partial charge in [-0.3, -0.25) is 0 Å². The lowest BCUT2D eigenvalue weighted by Gasteiger charge is -2.18. The molecule has 14 heavy (non-hydrogen) atoms. The molecule has 0 aliphatic heterocycles. The zero-order chi connectivity index (χ0) is 10.6. The number of hydrogen-bond acceptors (Lipinski definition) is 3. The molecule has 4 heteroatoms. The minimum Gasteiger partial charge on any atom is -0.348 e. The van der Waals surface area contributed by atoms with Crippen molar-refractivity contribution in [2.75, 3.05) is 23.3 Å². The van der Waals surface area contributed by atoms with Gasteiger partial charge in [-0.25, -0.2) is 4.98 Å². The average Bonchev–Trinajstić information content (AvgIpc) is 2.48. The molecule has 0 aliphatic rings. The van der Waals surface area contributed by atoms with Crippen molar-refractivity contribution < 1.29 is 0 Å². The van der Waals surface area contributed by atoms with Gasteiger partial charge in [0, 0.05) is 23.3 Å². The molecule has 0 aliphatic carbocycles. The van der Waals surface area contributed by atoms with E-state index in [4.69, 9.17) is 0 Å². The third-order valence-electron chi connectivity index (χ3n) is 2.23. The lowest BCUT2D eigenvalue weighted by Crippen LogP contribution is -2.23. The van der Waals surface area contributed by atoms with E-state index in [0.29, 0.717) is 0 Å². The number of aryl methyl sites for hydroxylation is 2. The number of hydrogen-bond donors (Lipinski definition) is 0. The second-order valence-corrected chi connectivity index (χ2v) is 5.23. The van der Waals surface area contributed by atoms with E-state index in [9.17, 15) is 0 Å². The summed E-state index contributed by atoms with van der Waals surface area (Å²) in [5.74, 6) is 0. The number of aromatic nitrogens is 1. The molecule has 0 amide bonds. The first kappa shape index (κ1) is 12.0. The Morgan fingerprint density at radius 2 is 2.14 bits per heavy atom. The Kier molecular flexibility index (Phi) is 4.89. The normalized spacial score (nSPS) is 10.6. The van der Waals surface area contributed by atoms with Crippen LogP contribution in [0.15, 0.2) is 0 Å². The van der Waals surface area contributed by atoms with Crippen molar-refractivity contribution in [2.24, 2.45) is 0 Å². The molecular weight excluding hydrogens is 260 g/mol. The summed E-state index contributed by atoms with van der Waals surface area (Å²) in [5.41, 5.74) is 1.17. The highest BCUT2D eigenvalue weighted by atomic mass is 79.9. The smallest absolute Gasteiger partial charge is 0.185 e. The molecule has 0 atom stereocenters.